The number of nitrogen functional groups attached to an aromatic ring is 1. The van der Waals surface area contributed by atoms with Crippen LogP contribution in [0.15, 0.2) is 48.7 Å². The first-order valence-corrected chi connectivity index (χ1v) is 6.64. The molecule has 3 rings (SSSR count). The Morgan fingerprint density at radius 1 is 1.23 bits per heavy atom. The van der Waals surface area contributed by atoms with Crippen LogP contribution >= 0.6 is 0 Å². The quantitative estimate of drug-likeness (QED) is 0.752. The molecular formula is C17H13N3O2. The van der Waals surface area contributed by atoms with Gasteiger partial charge in [-0.05, 0) is 36.4 Å². The van der Waals surface area contributed by atoms with E-state index in [4.69, 9.17) is 10.5 Å². The molecule has 0 saturated carbocycles. The van der Waals surface area contributed by atoms with Crippen LogP contribution in [-0.4, -0.2) is 17.3 Å². The molecule has 5 nitrogen and oxygen atoms in total. The summed E-state index contributed by atoms with van der Waals surface area (Å²) in [6.45, 7) is 0. The van der Waals surface area contributed by atoms with Gasteiger partial charge in [0.2, 0.25) is 5.78 Å². The lowest BCUT2D eigenvalue weighted by Gasteiger charge is -2.05. The standard InChI is InChI=1S/C17H13N3O2/c1-22-12-7-5-11(6-8-12)17(21)16-15(19)13(10-18)14-4-2-3-9-20(14)16/h2-9H,19H2,1H3. The first-order chi connectivity index (χ1) is 10.7. The zero-order valence-electron chi connectivity index (χ0n) is 11.9. The SMILES string of the molecule is COc1ccc(C(=O)c2c(N)c(C#N)c3ccccn23)cc1. The molecule has 0 spiro atoms. The maximum Gasteiger partial charge on any atom is 0.211 e. The van der Waals surface area contributed by atoms with Crippen LogP contribution in [0.1, 0.15) is 21.6 Å². The number of ether oxygens (including phenoxy) is 1. The maximum atomic E-state index is 12.8. The second-order valence-corrected chi connectivity index (χ2v) is 4.76. The minimum atomic E-state index is -0.233. The van der Waals surface area contributed by atoms with Crippen LogP contribution in [-0.2, 0) is 0 Å². The number of fused-ring (bicyclic) bond motifs is 1. The van der Waals surface area contributed by atoms with Gasteiger partial charge in [-0.2, -0.15) is 5.26 Å². The van der Waals surface area contributed by atoms with Crippen LogP contribution in [0.4, 0.5) is 5.69 Å². The second-order valence-electron chi connectivity index (χ2n) is 4.76. The summed E-state index contributed by atoms with van der Waals surface area (Å²) >= 11 is 0. The Balaban J connectivity index is 2.19. The normalized spacial score (nSPS) is 10.4. The van der Waals surface area contributed by atoms with Crippen molar-refractivity contribution in [3.63, 3.8) is 0 Å². The third-order valence-corrected chi connectivity index (χ3v) is 3.56. The molecule has 0 saturated heterocycles. The number of aromatic nitrogens is 1. The van der Waals surface area contributed by atoms with E-state index >= 15 is 0 Å². The minimum Gasteiger partial charge on any atom is -0.497 e. The van der Waals surface area contributed by atoms with E-state index in [1.54, 1.807) is 60.2 Å². The summed E-state index contributed by atoms with van der Waals surface area (Å²) in [5.74, 6) is 0.435. The van der Waals surface area contributed by atoms with Crippen molar-refractivity contribution in [1.29, 1.82) is 5.26 Å². The van der Waals surface area contributed by atoms with Crippen molar-refractivity contribution in [3.05, 3.63) is 65.5 Å². The number of nitriles is 1. The lowest BCUT2D eigenvalue weighted by molar-refractivity contribution is 0.103. The fourth-order valence-corrected chi connectivity index (χ4v) is 2.46. The van der Waals surface area contributed by atoms with Crippen molar-refractivity contribution in [2.24, 2.45) is 0 Å². The Bertz CT molecular complexity index is 902. The summed E-state index contributed by atoms with van der Waals surface area (Å²) < 4.78 is 6.74. The summed E-state index contributed by atoms with van der Waals surface area (Å²) in [6, 6.07) is 14.2. The Morgan fingerprint density at radius 3 is 2.59 bits per heavy atom. The molecule has 1 aromatic carbocycles. The molecule has 0 amide bonds. The molecule has 5 heteroatoms. The summed E-state index contributed by atoms with van der Waals surface area (Å²) in [7, 11) is 1.56. The van der Waals surface area contributed by atoms with Crippen LogP contribution in [0.2, 0.25) is 0 Å². The van der Waals surface area contributed by atoms with E-state index in [1.165, 1.54) is 0 Å². The number of hydrogen-bond donors (Lipinski definition) is 1. The number of nitrogens with two attached hydrogens (primary N) is 1. The van der Waals surface area contributed by atoms with Gasteiger partial charge < -0.3 is 14.9 Å². The smallest absolute Gasteiger partial charge is 0.211 e. The molecule has 0 aliphatic carbocycles. The number of methoxy groups -OCH3 is 1. The highest BCUT2D eigenvalue weighted by molar-refractivity contribution is 6.13. The van der Waals surface area contributed by atoms with Gasteiger partial charge in [0.25, 0.3) is 0 Å². The average Bonchev–Trinajstić information content (AvgIpc) is 2.85. The Kier molecular flexibility index (Phi) is 3.28. The van der Waals surface area contributed by atoms with E-state index in [1.807, 2.05) is 0 Å². The van der Waals surface area contributed by atoms with E-state index in [0.717, 1.165) is 0 Å². The van der Waals surface area contributed by atoms with E-state index in [9.17, 15) is 10.1 Å². The highest BCUT2D eigenvalue weighted by atomic mass is 16.5. The van der Waals surface area contributed by atoms with Crippen LogP contribution < -0.4 is 10.5 Å². The zero-order chi connectivity index (χ0) is 15.7. The summed E-state index contributed by atoms with van der Waals surface area (Å²) in [6.07, 6.45) is 1.73. The first-order valence-electron chi connectivity index (χ1n) is 6.64. The van der Waals surface area contributed by atoms with Crippen LogP contribution in [0.3, 0.4) is 0 Å². The molecule has 0 atom stereocenters. The van der Waals surface area contributed by atoms with E-state index in [0.29, 0.717) is 28.1 Å². The lowest BCUT2D eigenvalue weighted by Crippen LogP contribution is -2.08. The Hall–Kier alpha value is -3.26. The number of carbonyl (C=O) groups excluding carboxylic acids is 1. The lowest BCUT2D eigenvalue weighted by atomic mass is 10.1. The van der Waals surface area contributed by atoms with E-state index < -0.39 is 0 Å². The molecular weight excluding hydrogens is 278 g/mol. The van der Waals surface area contributed by atoms with Gasteiger partial charge in [-0.3, -0.25) is 4.79 Å². The number of benzene rings is 1. The van der Waals surface area contributed by atoms with Crippen molar-refractivity contribution in [2.45, 2.75) is 0 Å². The van der Waals surface area contributed by atoms with E-state index in [2.05, 4.69) is 6.07 Å². The maximum absolute atomic E-state index is 12.8. The summed E-state index contributed by atoms with van der Waals surface area (Å²) in [5, 5.41) is 9.28. The van der Waals surface area contributed by atoms with Gasteiger partial charge in [-0.15, -0.1) is 0 Å². The van der Waals surface area contributed by atoms with Crippen molar-refractivity contribution in [3.8, 4) is 11.8 Å². The molecule has 2 N–H and O–H groups in total. The van der Waals surface area contributed by atoms with Crippen molar-refractivity contribution < 1.29 is 9.53 Å². The fraction of sp³-hybridized carbons (Fsp3) is 0.0588. The molecule has 0 unspecified atom stereocenters. The third kappa shape index (κ3) is 1.98. The van der Waals surface area contributed by atoms with Gasteiger partial charge in [0.1, 0.15) is 23.1 Å². The van der Waals surface area contributed by atoms with Crippen molar-refractivity contribution in [1.82, 2.24) is 4.40 Å². The summed E-state index contributed by atoms with van der Waals surface area (Å²) in [5.41, 5.74) is 7.97. The molecule has 0 bridgehead atoms. The van der Waals surface area contributed by atoms with Gasteiger partial charge in [-0.1, -0.05) is 6.07 Å². The number of nitrogens with zero attached hydrogens (tertiary/aromatic N) is 2. The minimum absolute atomic E-state index is 0.203. The molecule has 2 heterocycles. The number of ketones is 1. The molecule has 0 radical (unpaired) electrons. The van der Waals surface area contributed by atoms with Gasteiger partial charge in [0.15, 0.2) is 0 Å². The molecule has 0 fully saturated rings. The molecule has 108 valence electrons. The molecule has 3 aromatic rings. The number of pyridine rings is 1. The topological polar surface area (TPSA) is 80.5 Å². The first kappa shape index (κ1) is 13.7. The van der Waals surface area contributed by atoms with Gasteiger partial charge >= 0.3 is 0 Å². The molecule has 22 heavy (non-hydrogen) atoms. The van der Waals surface area contributed by atoms with E-state index in [-0.39, 0.29) is 11.5 Å². The van der Waals surface area contributed by atoms with Crippen LogP contribution in [0, 0.1) is 11.3 Å². The predicted molar refractivity (Wildman–Crippen MR) is 83.0 cm³/mol. The highest BCUT2D eigenvalue weighted by Crippen LogP contribution is 2.27. The van der Waals surface area contributed by atoms with Gasteiger partial charge in [0, 0.05) is 11.8 Å². The van der Waals surface area contributed by atoms with Gasteiger partial charge in [-0.25, -0.2) is 0 Å². The molecule has 0 aliphatic heterocycles. The van der Waals surface area contributed by atoms with Crippen molar-refractivity contribution in [2.75, 3.05) is 12.8 Å². The highest BCUT2D eigenvalue weighted by Gasteiger charge is 2.22. The number of hydrogen-bond acceptors (Lipinski definition) is 4. The average molecular weight is 291 g/mol. The largest absolute Gasteiger partial charge is 0.497 e. The monoisotopic (exact) mass is 291 g/mol. The molecule has 2 aromatic heterocycles. The third-order valence-electron chi connectivity index (χ3n) is 3.56. The molecule has 0 aliphatic rings. The predicted octanol–water partition coefficient (Wildman–Crippen LogP) is 2.63. The number of carbonyl (C=O) groups is 1. The Morgan fingerprint density at radius 2 is 1.95 bits per heavy atom. The van der Waals surface area contributed by atoms with Crippen molar-refractivity contribution >= 4 is 17.0 Å². The van der Waals surface area contributed by atoms with Gasteiger partial charge in [0.05, 0.1) is 18.3 Å². The zero-order valence-corrected chi connectivity index (χ0v) is 11.9. The summed E-state index contributed by atoms with van der Waals surface area (Å²) in [4.78, 5) is 12.8. The Labute approximate surface area is 127 Å². The number of anilines is 1. The van der Waals surface area contributed by atoms with Crippen LogP contribution in [0.5, 0.6) is 5.75 Å². The van der Waals surface area contributed by atoms with Crippen LogP contribution in [0.25, 0.3) is 5.52 Å². The number of rotatable bonds is 3. The second kappa shape index (κ2) is 5.26. The fourth-order valence-electron chi connectivity index (χ4n) is 2.46.